The van der Waals surface area contributed by atoms with Crippen LogP contribution in [0, 0.1) is 6.92 Å². The summed E-state index contributed by atoms with van der Waals surface area (Å²) in [5, 5.41) is 4.68. The molecule has 3 aromatic rings. The molecule has 4 nitrogen and oxygen atoms in total. The lowest BCUT2D eigenvalue weighted by molar-refractivity contribution is 0.936. The van der Waals surface area contributed by atoms with Gasteiger partial charge in [-0.3, -0.25) is 0 Å². The molecule has 0 amide bonds. The van der Waals surface area contributed by atoms with Gasteiger partial charge in [-0.1, -0.05) is 11.6 Å². The largest absolute Gasteiger partial charge is 0.241 e. The Morgan fingerprint density at radius 3 is 2.82 bits per heavy atom. The van der Waals surface area contributed by atoms with Crippen LogP contribution in [0.2, 0.25) is 5.15 Å². The molecule has 0 bridgehead atoms. The summed E-state index contributed by atoms with van der Waals surface area (Å²) < 4.78 is 1.74. The fraction of sp³-hybridized carbons (Fsp3) is 0.0833. The first-order valence-corrected chi connectivity index (χ1v) is 5.56. The molecule has 0 radical (unpaired) electrons. The monoisotopic (exact) mass is 244 g/mol. The van der Waals surface area contributed by atoms with Gasteiger partial charge in [-0.05, 0) is 31.2 Å². The van der Waals surface area contributed by atoms with Crippen molar-refractivity contribution in [1.29, 1.82) is 0 Å². The maximum Gasteiger partial charge on any atom is 0.154 e. The number of hydrogen-bond donors (Lipinski definition) is 0. The van der Waals surface area contributed by atoms with Gasteiger partial charge >= 0.3 is 0 Å². The molecule has 84 valence electrons. The predicted octanol–water partition coefficient (Wildman–Crippen LogP) is 2.75. The zero-order chi connectivity index (χ0) is 11.8. The molecule has 3 aromatic heterocycles. The van der Waals surface area contributed by atoms with Crippen LogP contribution < -0.4 is 0 Å². The van der Waals surface area contributed by atoms with Crippen LogP contribution >= 0.6 is 11.6 Å². The molecule has 0 aromatic carbocycles. The Bertz CT molecular complexity index is 657. The SMILES string of the molecule is Cc1nc(Cl)ccc1-c1cn2ncccc2n1. The van der Waals surface area contributed by atoms with E-state index in [9.17, 15) is 0 Å². The van der Waals surface area contributed by atoms with Crippen molar-refractivity contribution in [3.63, 3.8) is 0 Å². The molecule has 0 N–H and O–H groups in total. The number of pyridine rings is 1. The highest BCUT2D eigenvalue weighted by Gasteiger charge is 2.08. The van der Waals surface area contributed by atoms with Crippen LogP contribution in [0.4, 0.5) is 0 Å². The highest BCUT2D eigenvalue weighted by atomic mass is 35.5. The lowest BCUT2D eigenvalue weighted by atomic mass is 10.1. The molecule has 0 saturated carbocycles. The second kappa shape index (κ2) is 3.82. The molecule has 0 atom stereocenters. The van der Waals surface area contributed by atoms with E-state index in [2.05, 4.69) is 15.1 Å². The number of rotatable bonds is 1. The van der Waals surface area contributed by atoms with Crippen molar-refractivity contribution >= 4 is 17.2 Å². The quantitative estimate of drug-likeness (QED) is 0.618. The average molecular weight is 245 g/mol. The Balaban J connectivity index is 2.20. The van der Waals surface area contributed by atoms with Crippen molar-refractivity contribution in [1.82, 2.24) is 19.6 Å². The highest BCUT2D eigenvalue weighted by Crippen LogP contribution is 2.22. The number of aryl methyl sites for hydroxylation is 1. The first-order chi connectivity index (χ1) is 8.24. The van der Waals surface area contributed by atoms with Crippen LogP contribution in [0.25, 0.3) is 16.9 Å². The number of halogens is 1. The van der Waals surface area contributed by atoms with Gasteiger partial charge in [0.05, 0.1) is 11.9 Å². The van der Waals surface area contributed by atoms with Crippen LogP contribution in [-0.4, -0.2) is 19.6 Å². The molecular weight excluding hydrogens is 236 g/mol. The smallest absolute Gasteiger partial charge is 0.154 e. The first kappa shape index (κ1) is 10.2. The van der Waals surface area contributed by atoms with E-state index in [1.54, 1.807) is 16.8 Å². The molecular formula is C12H9ClN4. The Morgan fingerprint density at radius 2 is 2.06 bits per heavy atom. The van der Waals surface area contributed by atoms with E-state index in [1.807, 2.05) is 31.3 Å². The van der Waals surface area contributed by atoms with Crippen molar-refractivity contribution in [3.05, 3.63) is 47.5 Å². The van der Waals surface area contributed by atoms with E-state index in [0.29, 0.717) is 5.15 Å². The number of aromatic nitrogens is 4. The lowest BCUT2D eigenvalue weighted by Gasteiger charge is -2.00. The highest BCUT2D eigenvalue weighted by molar-refractivity contribution is 6.29. The topological polar surface area (TPSA) is 43.1 Å². The average Bonchev–Trinajstić information content (AvgIpc) is 2.72. The maximum absolute atomic E-state index is 5.83. The van der Waals surface area contributed by atoms with Crippen molar-refractivity contribution < 1.29 is 0 Å². The van der Waals surface area contributed by atoms with Crippen LogP contribution in [-0.2, 0) is 0 Å². The van der Waals surface area contributed by atoms with E-state index < -0.39 is 0 Å². The van der Waals surface area contributed by atoms with Gasteiger partial charge in [0.15, 0.2) is 5.65 Å². The van der Waals surface area contributed by atoms with Crippen LogP contribution in [0.15, 0.2) is 36.7 Å². The molecule has 0 aliphatic rings. The van der Waals surface area contributed by atoms with Crippen LogP contribution in [0.5, 0.6) is 0 Å². The molecule has 17 heavy (non-hydrogen) atoms. The van der Waals surface area contributed by atoms with Crippen molar-refractivity contribution in [3.8, 4) is 11.3 Å². The van der Waals surface area contributed by atoms with Crippen LogP contribution in [0.1, 0.15) is 5.69 Å². The fourth-order valence-electron chi connectivity index (χ4n) is 1.76. The second-order valence-corrected chi connectivity index (χ2v) is 4.11. The molecule has 0 saturated heterocycles. The minimum Gasteiger partial charge on any atom is -0.241 e. The normalized spacial score (nSPS) is 10.9. The van der Waals surface area contributed by atoms with Gasteiger partial charge in [0.25, 0.3) is 0 Å². The number of nitrogens with zero attached hydrogens (tertiary/aromatic N) is 4. The van der Waals surface area contributed by atoms with Crippen LogP contribution in [0.3, 0.4) is 0 Å². The minimum absolute atomic E-state index is 0.494. The molecule has 0 aliphatic carbocycles. The summed E-state index contributed by atoms with van der Waals surface area (Å²) in [6.07, 6.45) is 3.61. The van der Waals surface area contributed by atoms with E-state index in [-0.39, 0.29) is 0 Å². The minimum atomic E-state index is 0.494. The Kier molecular flexibility index (Phi) is 2.30. The van der Waals surface area contributed by atoms with E-state index in [4.69, 9.17) is 11.6 Å². The number of fused-ring (bicyclic) bond motifs is 1. The summed E-state index contributed by atoms with van der Waals surface area (Å²) in [4.78, 5) is 8.71. The summed E-state index contributed by atoms with van der Waals surface area (Å²) in [7, 11) is 0. The van der Waals surface area contributed by atoms with Crippen molar-refractivity contribution in [2.45, 2.75) is 6.92 Å². The lowest BCUT2D eigenvalue weighted by Crippen LogP contribution is -1.87. The van der Waals surface area contributed by atoms with E-state index >= 15 is 0 Å². The van der Waals surface area contributed by atoms with Gasteiger partial charge in [-0.2, -0.15) is 5.10 Å². The third-order valence-corrected chi connectivity index (χ3v) is 2.78. The van der Waals surface area contributed by atoms with Gasteiger partial charge in [-0.15, -0.1) is 0 Å². The third kappa shape index (κ3) is 1.76. The summed E-state index contributed by atoms with van der Waals surface area (Å²) in [6, 6.07) is 7.46. The summed E-state index contributed by atoms with van der Waals surface area (Å²) in [5.74, 6) is 0. The van der Waals surface area contributed by atoms with Gasteiger partial charge in [0, 0.05) is 17.5 Å². The Labute approximate surface area is 103 Å². The summed E-state index contributed by atoms with van der Waals surface area (Å²) >= 11 is 5.83. The molecule has 0 unspecified atom stereocenters. The molecule has 5 heteroatoms. The Hall–Kier alpha value is -1.94. The van der Waals surface area contributed by atoms with E-state index in [1.165, 1.54) is 0 Å². The van der Waals surface area contributed by atoms with Gasteiger partial charge < -0.3 is 0 Å². The Morgan fingerprint density at radius 1 is 1.18 bits per heavy atom. The summed E-state index contributed by atoms with van der Waals surface area (Å²) in [5.41, 5.74) is 3.50. The molecule has 0 fully saturated rings. The van der Waals surface area contributed by atoms with Gasteiger partial charge in [0.1, 0.15) is 5.15 Å². The predicted molar refractivity (Wildman–Crippen MR) is 66.0 cm³/mol. The number of imidazole rings is 1. The summed E-state index contributed by atoms with van der Waals surface area (Å²) in [6.45, 7) is 1.92. The molecule has 3 heterocycles. The molecule has 0 aliphatic heterocycles. The second-order valence-electron chi connectivity index (χ2n) is 3.72. The first-order valence-electron chi connectivity index (χ1n) is 5.18. The molecule has 0 spiro atoms. The maximum atomic E-state index is 5.83. The zero-order valence-corrected chi connectivity index (χ0v) is 9.89. The van der Waals surface area contributed by atoms with E-state index in [0.717, 1.165) is 22.6 Å². The fourth-order valence-corrected chi connectivity index (χ4v) is 1.95. The zero-order valence-electron chi connectivity index (χ0n) is 9.13. The van der Waals surface area contributed by atoms with Crippen molar-refractivity contribution in [2.75, 3.05) is 0 Å². The molecule has 3 rings (SSSR count). The third-order valence-electron chi connectivity index (χ3n) is 2.56. The number of hydrogen-bond acceptors (Lipinski definition) is 3. The van der Waals surface area contributed by atoms with Crippen molar-refractivity contribution in [2.24, 2.45) is 0 Å². The standard InChI is InChI=1S/C12H9ClN4/c1-8-9(4-5-11(13)15-8)10-7-17-12(16-10)3-2-6-14-17/h2-7H,1H3. The van der Waals surface area contributed by atoms with Gasteiger partial charge in [0.2, 0.25) is 0 Å². The van der Waals surface area contributed by atoms with Gasteiger partial charge in [-0.25, -0.2) is 14.5 Å².